The Bertz CT molecular complexity index is 979. The first-order chi connectivity index (χ1) is 16.8. The summed E-state index contributed by atoms with van der Waals surface area (Å²) in [5, 5.41) is 0. The summed E-state index contributed by atoms with van der Waals surface area (Å²) < 4.78 is 19.2. The van der Waals surface area contributed by atoms with Gasteiger partial charge in [-0.15, -0.1) is 0 Å². The van der Waals surface area contributed by atoms with E-state index < -0.39 is 12.2 Å². The van der Waals surface area contributed by atoms with Crippen molar-refractivity contribution in [2.24, 2.45) is 23.7 Å². The number of esters is 2. The number of rotatable bonds is 6. The third-order valence-electron chi connectivity index (χ3n) is 8.91. The van der Waals surface area contributed by atoms with Crippen LogP contribution < -0.4 is 0 Å². The molecule has 2 heterocycles. The maximum atomic E-state index is 13.1. The van der Waals surface area contributed by atoms with Crippen molar-refractivity contribution >= 4 is 11.9 Å². The highest BCUT2D eigenvalue weighted by Gasteiger charge is 2.70. The molecule has 0 aromatic heterocycles. The van der Waals surface area contributed by atoms with Crippen molar-refractivity contribution in [3.8, 4) is 0 Å². The summed E-state index contributed by atoms with van der Waals surface area (Å²) in [5.74, 6) is 0.476. The number of hydrogen-bond donors (Lipinski definition) is 0. The topological polar surface area (TPSA) is 61.8 Å². The lowest BCUT2D eigenvalue weighted by Gasteiger charge is -2.48. The summed E-state index contributed by atoms with van der Waals surface area (Å²) in [6.07, 6.45) is 2.31. The van der Waals surface area contributed by atoms with Crippen LogP contribution in [0.4, 0.5) is 0 Å². The zero-order valence-corrected chi connectivity index (χ0v) is 21.1. The Kier molecular flexibility index (Phi) is 6.25. The monoisotopic (exact) mass is 476 g/mol. The molecule has 0 spiro atoms. The Morgan fingerprint density at radius 1 is 0.714 bits per heavy atom. The molecule has 0 radical (unpaired) electrons. The Balaban J connectivity index is 1.46. The van der Waals surface area contributed by atoms with E-state index in [1.165, 1.54) is 0 Å². The lowest BCUT2D eigenvalue weighted by Crippen LogP contribution is -2.54. The third-order valence-corrected chi connectivity index (χ3v) is 8.91. The molecule has 2 aromatic carbocycles. The first-order valence-electron chi connectivity index (χ1n) is 13.0. The van der Waals surface area contributed by atoms with Crippen molar-refractivity contribution in [2.75, 3.05) is 0 Å². The molecule has 2 aliphatic heterocycles. The van der Waals surface area contributed by atoms with E-state index in [9.17, 15) is 9.59 Å². The molecular weight excluding hydrogens is 440 g/mol. The Morgan fingerprint density at radius 3 is 1.43 bits per heavy atom. The molecule has 3 aliphatic rings. The third kappa shape index (κ3) is 3.98. The van der Waals surface area contributed by atoms with E-state index in [4.69, 9.17) is 14.2 Å². The fourth-order valence-electron chi connectivity index (χ4n) is 7.06. The van der Waals surface area contributed by atoms with E-state index in [1.54, 1.807) is 24.3 Å². The van der Waals surface area contributed by atoms with E-state index in [0.717, 1.165) is 12.8 Å². The smallest absolute Gasteiger partial charge is 0.338 e. The van der Waals surface area contributed by atoms with Crippen LogP contribution in [0.2, 0.25) is 0 Å². The van der Waals surface area contributed by atoms with Gasteiger partial charge in [-0.25, -0.2) is 9.59 Å². The highest BCUT2D eigenvalue weighted by molar-refractivity contribution is 5.90. The van der Waals surface area contributed by atoms with Crippen molar-refractivity contribution in [3.63, 3.8) is 0 Å². The van der Waals surface area contributed by atoms with E-state index in [2.05, 4.69) is 27.7 Å². The molecule has 1 aliphatic carbocycles. The summed E-state index contributed by atoms with van der Waals surface area (Å²) >= 11 is 0. The summed E-state index contributed by atoms with van der Waals surface area (Å²) in [7, 11) is 0. The average Bonchev–Trinajstić information content (AvgIpc) is 3.41. The Hall–Kier alpha value is -2.66. The van der Waals surface area contributed by atoms with E-state index in [0.29, 0.717) is 35.8 Å². The largest absolute Gasteiger partial charge is 0.455 e. The molecule has 2 saturated heterocycles. The highest BCUT2D eigenvalue weighted by atomic mass is 16.6. The maximum absolute atomic E-state index is 13.1. The van der Waals surface area contributed by atoms with Gasteiger partial charge in [0.2, 0.25) is 0 Å². The van der Waals surface area contributed by atoms with Gasteiger partial charge in [0.15, 0.2) is 0 Å². The van der Waals surface area contributed by atoms with Gasteiger partial charge in [-0.2, -0.15) is 0 Å². The highest BCUT2D eigenvalue weighted by Crippen LogP contribution is 2.66. The molecule has 2 bridgehead atoms. The van der Waals surface area contributed by atoms with Gasteiger partial charge in [-0.05, 0) is 73.6 Å². The van der Waals surface area contributed by atoms with Crippen molar-refractivity contribution in [1.29, 1.82) is 0 Å². The molecule has 6 unspecified atom stereocenters. The second-order valence-corrected chi connectivity index (χ2v) is 11.1. The van der Waals surface area contributed by atoms with Crippen LogP contribution in [0.5, 0.6) is 0 Å². The van der Waals surface area contributed by atoms with Gasteiger partial charge in [0.05, 0.1) is 22.3 Å². The van der Waals surface area contributed by atoms with Gasteiger partial charge >= 0.3 is 11.9 Å². The minimum atomic E-state index is -0.514. The fraction of sp³-hybridized carbons (Fsp3) is 0.533. The van der Waals surface area contributed by atoms with E-state index in [1.807, 2.05) is 36.4 Å². The lowest BCUT2D eigenvalue weighted by atomic mass is 9.56. The van der Waals surface area contributed by atoms with Crippen molar-refractivity contribution in [1.82, 2.24) is 0 Å². The number of benzene rings is 2. The van der Waals surface area contributed by atoms with Crippen LogP contribution >= 0.6 is 0 Å². The normalized spacial score (nSPS) is 33.5. The standard InChI is InChI=1S/C30H36O5/c1-19(2)29-15-16-30(35-29,20(3)4)24-18-26(34-28(32)22-13-9-6-10-14-22)25(17-23(24)29)33-27(31)21-11-7-5-8-12-21/h5-14,19-20,23-26H,15-18H2,1-4H3. The molecule has 3 fully saturated rings. The zero-order valence-electron chi connectivity index (χ0n) is 21.1. The first-order valence-corrected chi connectivity index (χ1v) is 13.0. The number of carbonyl (C=O) groups excluding carboxylic acids is 2. The molecule has 35 heavy (non-hydrogen) atoms. The van der Waals surface area contributed by atoms with Gasteiger partial charge in [-0.1, -0.05) is 64.1 Å². The summed E-state index contributed by atoms with van der Waals surface area (Å²) in [6, 6.07) is 18.1. The molecule has 0 amide bonds. The number of ether oxygens (including phenoxy) is 3. The SMILES string of the molecule is CC(C)C12CCC(C(C)C)(O1)C1CC(OC(=O)c3ccccc3)C(OC(=O)c3ccccc3)CC12. The molecule has 2 aromatic rings. The van der Waals surface area contributed by atoms with E-state index in [-0.39, 0.29) is 35.0 Å². The number of hydrogen-bond acceptors (Lipinski definition) is 5. The molecule has 5 heteroatoms. The van der Waals surface area contributed by atoms with Crippen molar-refractivity contribution < 1.29 is 23.8 Å². The Morgan fingerprint density at radius 2 is 1.09 bits per heavy atom. The average molecular weight is 477 g/mol. The van der Waals surface area contributed by atoms with Gasteiger partial charge in [-0.3, -0.25) is 0 Å². The van der Waals surface area contributed by atoms with Crippen LogP contribution in [0, 0.1) is 23.7 Å². The molecule has 1 saturated carbocycles. The lowest BCUT2D eigenvalue weighted by molar-refractivity contribution is -0.107. The van der Waals surface area contributed by atoms with E-state index >= 15 is 0 Å². The number of carbonyl (C=O) groups is 2. The number of fused-ring (bicyclic) bond motifs is 5. The molecule has 6 atom stereocenters. The second kappa shape index (κ2) is 9.09. The van der Waals surface area contributed by atoms with Crippen LogP contribution in [-0.4, -0.2) is 35.3 Å². The molecular formula is C30H36O5. The van der Waals surface area contributed by atoms with Gasteiger partial charge < -0.3 is 14.2 Å². The summed E-state index contributed by atoms with van der Waals surface area (Å²) in [4.78, 5) is 26.1. The quantitative estimate of drug-likeness (QED) is 0.473. The van der Waals surface area contributed by atoms with Gasteiger partial charge in [0, 0.05) is 0 Å². The molecule has 5 nitrogen and oxygen atoms in total. The minimum Gasteiger partial charge on any atom is -0.455 e. The van der Waals surface area contributed by atoms with Crippen LogP contribution in [0.3, 0.4) is 0 Å². The van der Waals surface area contributed by atoms with Crippen molar-refractivity contribution in [2.45, 2.75) is 76.8 Å². The van der Waals surface area contributed by atoms with Crippen LogP contribution in [0.25, 0.3) is 0 Å². The zero-order chi connectivity index (χ0) is 24.8. The van der Waals surface area contributed by atoms with Crippen LogP contribution in [0.1, 0.15) is 74.1 Å². The fourth-order valence-corrected chi connectivity index (χ4v) is 7.06. The predicted octanol–water partition coefficient (Wildman–Crippen LogP) is 6.08. The summed E-state index contributed by atoms with van der Waals surface area (Å²) in [5.41, 5.74) is 0.565. The maximum Gasteiger partial charge on any atom is 0.338 e. The minimum absolute atomic E-state index is 0.221. The van der Waals surface area contributed by atoms with Gasteiger partial charge in [0.1, 0.15) is 12.2 Å². The van der Waals surface area contributed by atoms with Crippen molar-refractivity contribution in [3.05, 3.63) is 71.8 Å². The molecule has 186 valence electrons. The Labute approximate surface area is 208 Å². The second-order valence-electron chi connectivity index (χ2n) is 11.1. The predicted molar refractivity (Wildman–Crippen MR) is 133 cm³/mol. The van der Waals surface area contributed by atoms with Crippen LogP contribution in [0.15, 0.2) is 60.7 Å². The summed E-state index contributed by atoms with van der Waals surface area (Å²) in [6.45, 7) is 8.97. The van der Waals surface area contributed by atoms with Crippen LogP contribution in [-0.2, 0) is 14.2 Å². The molecule has 5 rings (SSSR count). The first kappa shape index (κ1) is 24.1. The van der Waals surface area contributed by atoms with Gasteiger partial charge in [0.25, 0.3) is 0 Å². The molecule has 0 N–H and O–H groups in total.